The first-order valence-electron chi connectivity index (χ1n) is 4.44. The smallest absolute Gasteiger partial charge is 0.218 e. The molecule has 0 spiro atoms. The summed E-state index contributed by atoms with van der Waals surface area (Å²) in [5, 5.41) is 0. The minimum absolute atomic E-state index is 0. The van der Waals surface area contributed by atoms with Gasteiger partial charge in [-0.25, -0.2) is 0 Å². The van der Waals surface area contributed by atoms with Crippen LogP contribution in [0.2, 0.25) is 0 Å². The second-order valence-electron chi connectivity index (χ2n) is 3.40. The molecular formula is C8H19Cl2N3O. The first-order valence-corrected chi connectivity index (χ1v) is 4.44. The molecule has 4 nitrogen and oxygen atoms in total. The van der Waals surface area contributed by atoms with Gasteiger partial charge in [-0.2, -0.15) is 0 Å². The molecule has 0 aromatic heterocycles. The summed E-state index contributed by atoms with van der Waals surface area (Å²) in [4.78, 5) is 12.7. The van der Waals surface area contributed by atoms with Gasteiger partial charge in [0.15, 0.2) is 0 Å². The lowest BCUT2D eigenvalue weighted by molar-refractivity contribution is -0.118. The van der Waals surface area contributed by atoms with Crippen molar-refractivity contribution in [3.63, 3.8) is 0 Å². The van der Waals surface area contributed by atoms with Crippen LogP contribution in [-0.2, 0) is 4.79 Å². The lowest BCUT2D eigenvalue weighted by Crippen LogP contribution is -2.40. The highest BCUT2D eigenvalue weighted by Crippen LogP contribution is 2.07. The highest BCUT2D eigenvalue weighted by molar-refractivity contribution is 5.85. The SMILES string of the molecule is Cl.Cl.NC(=O)CCN1CCC(N)CC1. The van der Waals surface area contributed by atoms with Crippen LogP contribution in [0.4, 0.5) is 0 Å². The average Bonchev–Trinajstić information content (AvgIpc) is 2.03. The van der Waals surface area contributed by atoms with Gasteiger partial charge >= 0.3 is 0 Å². The largest absolute Gasteiger partial charge is 0.370 e. The van der Waals surface area contributed by atoms with E-state index < -0.39 is 0 Å². The molecular weight excluding hydrogens is 225 g/mol. The number of nitrogens with two attached hydrogens (primary N) is 2. The van der Waals surface area contributed by atoms with Gasteiger partial charge in [0.2, 0.25) is 5.91 Å². The number of piperidine rings is 1. The maximum Gasteiger partial charge on any atom is 0.218 e. The zero-order valence-electron chi connectivity index (χ0n) is 8.15. The van der Waals surface area contributed by atoms with E-state index in [4.69, 9.17) is 11.5 Å². The van der Waals surface area contributed by atoms with Crippen molar-refractivity contribution in [2.75, 3.05) is 19.6 Å². The molecule has 1 heterocycles. The van der Waals surface area contributed by atoms with E-state index in [-0.39, 0.29) is 30.7 Å². The third-order valence-corrected chi connectivity index (χ3v) is 2.31. The van der Waals surface area contributed by atoms with E-state index in [9.17, 15) is 4.79 Å². The van der Waals surface area contributed by atoms with E-state index in [0.29, 0.717) is 12.5 Å². The summed E-state index contributed by atoms with van der Waals surface area (Å²) < 4.78 is 0. The van der Waals surface area contributed by atoms with Crippen LogP contribution in [0.5, 0.6) is 0 Å². The van der Waals surface area contributed by atoms with Gasteiger partial charge in [-0.05, 0) is 25.9 Å². The Morgan fingerprint density at radius 1 is 1.29 bits per heavy atom. The van der Waals surface area contributed by atoms with Crippen LogP contribution in [0, 0.1) is 0 Å². The summed E-state index contributed by atoms with van der Waals surface area (Å²) in [6.45, 7) is 2.81. The predicted molar refractivity (Wildman–Crippen MR) is 62.0 cm³/mol. The molecule has 0 aromatic carbocycles. The number of hydrogen-bond donors (Lipinski definition) is 2. The number of carbonyl (C=O) groups is 1. The van der Waals surface area contributed by atoms with Crippen molar-refractivity contribution in [3.8, 4) is 0 Å². The van der Waals surface area contributed by atoms with Crippen molar-refractivity contribution >= 4 is 30.7 Å². The van der Waals surface area contributed by atoms with Crippen LogP contribution in [0.1, 0.15) is 19.3 Å². The summed E-state index contributed by atoms with van der Waals surface area (Å²) in [7, 11) is 0. The van der Waals surface area contributed by atoms with Crippen molar-refractivity contribution in [2.24, 2.45) is 11.5 Å². The maximum absolute atomic E-state index is 10.5. The Balaban J connectivity index is 0. The molecule has 6 heteroatoms. The van der Waals surface area contributed by atoms with Crippen molar-refractivity contribution < 1.29 is 4.79 Å². The third-order valence-electron chi connectivity index (χ3n) is 2.31. The molecule has 1 saturated heterocycles. The Morgan fingerprint density at radius 3 is 2.21 bits per heavy atom. The van der Waals surface area contributed by atoms with Gasteiger partial charge in [0, 0.05) is 19.0 Å². The second-order valence-corrected chi connectivity index (χ2v) is 3.40. The predicted octanol–water partition coefficient (Wildman–Crippen LogP) is 0.129. The van der Waals surface area contributed by atoms with Gasteiger partial charge < -0.3 is 16.4 Å². The normalized spacial score (nSPS) is 18.1. The summed E-state index contributed by atoms with van der Waals surface area (Å²) >= 11 is 0. The lowest BCUT2D eigenvalue weighted by atomic mass is 10.1. The molecule has 0 unspecified atom stereocenters. The van der Waals surface area contributed by atoms with Gasteiger partial charge in [0.25, 0.3) is 0 Å². The van der Waals surface area contributed by atoms with E-state index in [0.717, 1.165) is 32.5 Å². The summed E-state index contributed by atoms with van der Waals surface area (Å²) in [6.07, 6.45) is 2.55. The number of carbonyl (C=O) groups excluding carboxylic acids is 1. The minimum atomic E-state index is -0.218. The number of primary amides is 1. The topological polar surface area (TPSA) is 72.4 Å². The van der Waals surface area contributed by atoms with Crippen LogP contribution in [-0.4, -0.2) is 36.5 Å². The molecule has 1 aliphatic rings. The quantitative estimate of drug-likeness (QED) is 0.741. The molecule has 0 aromatic rings. The van der Waals surface area contributed by atoms with Crippen LogP contribution in [0.3, 0.4) is 0 Å². The van der Waals surface area contributed by atoms with Gasteiger partial charge in [0.1, 0.15) is 0 Å². The van der Waals surface area contributed by atoms with Gasteiger partial charge in [-0.1, -0.05) is 0 Å². The standard InChI is InChI=1S/C8H17N3O.2ClH/c9-7-1-4-11(5-2-7)6-3-8(10)12;;/h7H,1-6,9H2,(H2,10,12);2*1H. The van der Waals surface area contributed by atoms with Gasteiger partial charge in [-0.3, -0.25) is 4.79 Å². The van der Waals surface area contributed by atoms with Crippen molar-refractivity contribution in [1.29, 1.82) is 0 Å². The molecule has 1 fully saturated rings. The van der Waals surface area contributed by atoms with E-state index in [1.807, 2.05) is 0 Å². The van der Waals surface area contributed by atoms with Crippen molar-refractivity contribution in [1.82, 2.24) is 4.90 Å². The number of nitrogens with zero attached hydrogens (tertiary/aromatic N) is 1. The van der Waals surface area contributed by atoms with Gasteiger partial charge in [-0.15, -0.1) is 24.8 Å². The first kappa shape index (κ1) is 16.4. The Labute approximate surface area is 97.2 Å². The third kappa shape index (κ3) is 6.43. The highest BCUT2D eigenvalue weighted by atomic mass is 35.5. The molecule has 0 saturated carbocycles. The van der Waals surface area contributed by atoms with Crippen LogP contribution < -0.4 is 11.5 Å². The Bertz CT molecular complexity index is 161. The second kappa shape index (κ2) is 8.29. The first-order chi connectivity index (χ1) is 5.68. The number of rotatable bonds is 3. The number of halogens is 2. The minimum Gasteiger partial charge on any atom is -0.370 e. The molecule has 0 atom stereocenters. The van der Waals surface area contributed by atoms with E-state index in [1.54, 1.807) is 0 Å². The molecule has 0 radical (unpaired) electrons. The monoisotopic (exact) mass is 243 g/mol. The molecule has 86 valence electrons. The molecule has 14 heavy (non-hydrogen) atoms. The fourth-order valence-electron chi connectivity index (χ4n) is 1.44. The maximum atomic E-state index is 10.5. The molecule has 1 aliphatic heterocycles. The van der Waals surface area contributed by atoms with Crippen LogP contribution in [0.25, 0.3) is 0 Å². The van der Waals surface area contributed by atoms with E-state index >= 15 is 0 Å². The Morgan fingerprint density at radius 2 is 1.79 bits per heavy atom. The Hall–Kier alpha value is -0.0300. The molecule has 0 bridgehead atoms. The molecule has 4 N–H and O–H groups in total. The molecule has 1 amide bonds. The van der Waals surface area contributed by atoms with Gasteiger partial charge in [0.05, 0.1) is 0 Å². The van der Waals surface area contributed by atoms with Crippen molar-refractivity contribution in [2.45, 2.75) is 25.3 Å². The Kier molecular flexibility index (Phi) is 9.72. The zero-order valence-corrected chi connectivity index (χ0v) is 9.78. The summed E-state index contributed by atoms with van der Waals surface area (Å²) in [5.41, 5.74) is 10.8. The summed E-state index contributed by atoms with van der Waals surface area (Å²) in [5.74, 6) is -0.218. The van der Waals surface area contributed by atoms with Crippen LogP contribution >= 0.6 is 24.8 Å². The zero-order chi connectivity index (χ0) is 8.97. The number of likely N-dealkylation sites (tertiary alicyclic amines) is 1. The fourth-order valence-corrected chi connectivity index (χ4v) is 1.44. The average molecular weight is 244 g/mol. The van der Waals surface area contributed by atoms with Crippen molar-refractivity contribution in [3.05, 3.63) is 0 Å². The summed E-state index contributed by atoms with van der Waals surface area (Å²) in [6, 6.07) is 0.356. The highest BCUT2D eigenvalue weighted by Gasteiger charge is 2.15. The molecule has 0 aliphatic carbocycles. The van der Waals surface area contributed by atoms with E-state index in [2.05, 4.69) is 4.90 Å². The fraction of sp³-hybridized carbons (Fsp3) is 0.875. The molecule has 1 rings (SSSR count). The lowest BCUT2D eigenvalue weighted by Gasteiger charge is -2.29. The number of hydrogen-bond acceptors (Lipinski definition) is 3. The number of amides is 1. The van der Waals surface area contributed by atoms with E-state index in [1.165, 1.54) is 0 Å². The van der Waals surface area contributed by atoms with Crippen LogP contribution in [0.15, 0.2) is 0 Å².